The number of hydrogen-bond acceptors (Lipinski definition) is 3. The Kier molecular flexibility index (Phi) is 2.57. The lowest BCUT2D eigenvalue weighted by Crippen LogP contribution is -1.93. The van der Waals surface area contributed by atoms with E-state index in [9.17, 15) is 0 Å². The number of nitrogens with two attached hydrogens (primary N) is 1. The Morgan fingerprint density at radius 3 is 2.56 bits per heavy atom. The van der Waals surface area contributed by atoms with Crippen molar-refractivity contribution in [1.82, 2.24) is 4.98 Å². The highest BCUT2D eigenvalue weighted by Crippen LogP contribution is 2.20. The average Bonchev–Trinajstić information content (AvgIpc) is 2.40. The molecule has 3 nitrogen and oxygen atoms in total. The van der Waals surface area contributed by atoms with E-state index in [2.05, 4.69) is 10.3 Å². The van der Waals surface area contributed by atoms with Crippen molar-refractivity contribution in [3.63, 3.8) is 0 Å². The van der Waals surface area contributed by atoms with Crippen molar-refractivity contribution in [2.24, 2.45) is 0 Å². The van der Waals surface area contributed by atoms with E-state index in [1.807, 2.05) is 60.7 Å². The summed E-state index contributed by atoms with van der Waals surface area (Å²) in [4.78, 5) is 4.54. The molecule has 1 heterocycles. The average molecular weight is 235 g/mol. The van der Waals surface area contributed by atoms with Gasteiger partial charge in [-0.3, -0.25) is 0 Å². The SMILES string of the molecule is Nc1ccc2nc(Nc3ccccc3)ccc2c1. The highest BCUT2D eigenvalue weighted by atomic mass is 15.0. The topological polar surface area (TPSA) is 50.9 Å². The molecule has 0 spiro atoms. The van der Waals surface area contributed by atoms with Gasteiger partial charge in [-0.1, -0.05) is 18.2 Å². The summed E-state index contributed by atoms with van der Waals surface area (Å²) in [6.45, 7) is 0. The van der Waals surface area contributed by atoms with Gasteiger partial charge in [0.05, 0.1) is 5.52 Å². The normalized spacial score (nSPS) is 10.4. The zero-order chi connectivity index (χ0) is 12.4. The van der Waals surface area contributed by atoms with Crippen LogP contribution in [0.2, 0.25) is 0 Å². The quantitative estimate of drug-likeness (QED) is 0.668. The van der Waals surface area contributed by atoms with Crippen LogP contribution in [0.25, 0.3) is 10.9 Å². The van der Waals surface area contributed by atoms with Gasteiger partial charge in [0.15, 0.2) is 0 Å². The monoisotopic (exact) mass is 235 g/mol. The first kappa shape index (κ1) is 10.6. The summed E-state index contributed by atoms with van der Waals surface area (Å²) in [5.74, 6) is 0.832. The first-order valence-electron chi connectivity index (χ1n) is 5.80. The van der Waals surface area contributed by atoms with Gasteiger partial charge in [0, 0.05) is 16.8 Å². The van der Waals surface area contributed by atoms with Crippen LogP contribution >= 0.6 is 0 Å². The molecule has 0 saturated carbocycles. The molecule has 0 unspecified atom stereocenters. The zero-order valence-corrected chi connectivity index (χ0v) is 9.80. The lowest BCUT2D eigenvalue weighted by Gasteiger charge is -2.06. The number of nitrogen functional groups attached to an aromatic ring is 1. The molecule has 0 aliphatic carbocycles. The third kappa shape index (κ3) is 2.11. The summed E-state index contributed by atoms with van der Waals surface area (Å²) < 4.78 is 0. The molecule has 88 valence electrons. The molecular formula is C15H13N3. The fourth-order valence-corrected chi connectivity index (χ4v) is 1.88. The Morgan fingerprint density at radius 2 is 1.72 bits per heavy atom. The number of nitrogens with zero attached hydrogens (tertiary/aromatic N) is 1. The number of hydrogen-bond donors (Lipinski definition) is 2. The first-order chi connectivity index (χ1) is 8.81. The van der Waals surface area contributed by atoms with E-state index in [0.717, 1.165) is 28.1 Å². The first-order valence-corrected chi connectivity index (χ1v) is 5.80. The molecule has 2 aromatic carbocycles. The van der Waals surface area contributed by atoms with Crippen LogP contribution in [0.3, 0.4) is 0 Å². The van der Waals surface area contributed by atoms with Gasteiger partial charge in [0.1, 0.15) is 5.82 Å². The number of rotatable bonds is 2. The van der Waals surface area contributed by atoms with Gasteiger partial charge in [-0.25, -0.2) is 4.98 Å². The second kappa shape index (κ2) is 4.37. The van der Waals surface area contributed by atoms with Crippen molar-refractivity contribution in [3.8, 4) is 0 Å². The summed E-state index contributed by atoms with van der Waals surface area (Å²) in [5, 5.41) is 4.32. The van der Waals surface area contributed by atoms with Crippen LogP contribution < -0.4 is 11.1 Å². The number of para-hydroxylation sites is 1. The Bertz CT molecular complexity index is 678. The van der Waals surface area contributed by atoms with E-state index in [4.69, 9.17) is 5.73 Å². The maximum atomic E-state index is 5.74. The number of nitrogens with one attached hydrogen (secondary N) is 1. The van der Waals surface area contributed by atoms with Gasteiger partial charge in [0.25, 0.3) is 0 Å². The van der Waals surface area contributed by atoms with Crippen LogP contribution in [-0.2, 0) is 0 Å². The Labute approximate surface area is 105 Å². The van der Waals surface area contributed by atoms with Gasteiger partial charge in [-0.15, -0.1) is 0 Å². The van der Waals surface area contributed by atoms with Crippen molar-refractivity contribution in [1.29, 1.82) is 0 Å². The molecule has 0 bridgehead atoms. The number of fused-ring (bicyclic) bond motifs is 1. The Balaban J connectivity index is 1.96. The molecule has 3 N–H and O–H groups in total. The highest BCUT2D eigenvalue weighted by Gasteiger charge is 1.99. The summed E-state index contributed by atoms with van der Waals surface area (Å²) in [6, 6.07) is 19.7. The van der Waals surface area contributed by atoms with Crippen molar-refractivity contribution < 1.29 is 0 Å². The minimum atomic E-state index is 0.757. The van der Waals surface area contributed by atoms with Gasteiger partial charge in [0.2, 0.25) is 0 Å². The summed E-state index contributed by atoms with van der Waals surface area (Å²) in [5.41, 5.74) is 8.46. The Hall–Kier alpha value is -2.55. The molecule has 1 aromatic heterocycles. The van der Waals surface area contributed by atoms with Crippen LogP contribution in [0.4, 0.5) is 17.2 Å². The lowest BCUT2D eigenvalue weighted by molar-refractivity contribution is 1.37. The predicted molar refractivity (Wildman–Crippen MR) is 75.9 cm³/mol. The van der Waals surface area contributed by atoms with E-state index in [1.54, 1.807) is 0 Å². The second-order valence-corrected chi connectivity index (χ2v) is 4.14. The highest BCUT2D eigenvalue weighted by molar-refractivity contribution is 5.83. The molecule has 3 aromatic rings. The van der Waals surface area contributed by atoms with Crippen molar-refractivity contribution in [3.05, 3.63) is 60.7 Å². The standard InChI is InChI=1S/C15H13N3/c16-12-7-8-14-11(10-12)6-9-15(18-14)17-13-4-2-1-3-5-13/h1-10H,16H2,(H,17,18). The Morgan fingerprint density at radius 1 is 0.889 bits per heavy atom. The maximum Gasteiger partial charge on any atom is 0.131 e. The summed E-state index contributed by atoms with van der Waals surface area (Å²) in [7, 11) is 0. The smallest absolute Gasteiger partial charge is 0.131 e. The van der Waals surface area contributed by atoms with Crippen LogP contribution in [-0.4, -0.2) is 4.98 Å². The molecule has 0 aliphatic heterocycles. The molecule has 3 rings (SSSR count). The van der Waals surface area contributed by atoms with E-state index in [1.165, 1.54) is 0 Å². The lowest BCUT2D eigenvalue weighted by atomic mass is 10.2. The molecule has 3 heteroatoms. The number of pyridine rings is 1. The molecule has 0 fully saturated rings. The van der Waals surface area contributed by atoms with Gasteiger partial charge < -0.3 is 11.1 Å². The fraction of sp³-hybridized carbons (Fsp3) is 0. The predicted octanol–water partition coefficient (Wildman–Crippen LogP) is 3.56. The number of aromatic nitrogens is 1. The van der Waals surface area contributed by atoms with Crippen molar-refractivity contribution in [2.75, 3.05) is 11.1 Å². The van der Waals surface area contributed by atoms with E-state index >= 15 is 0 Å². The second-order valence-electron chi connectivity index (χ2n) is 4.14. The summed E-state index contributed by atoms with van der Waals surface area (Å²) >= 11 is 0. The third-order valence-electron chi connectivity index (χ3n) is 2.76. The molecular weight excluding hydrogens is 222 g/mol. The molecule has 0 amide bonds. The number of benzene rings is 2. The van der Waals surface area contributed by atoms with Crippen molar-refractivity contribution in [2.45, 2.75) is 0 Å². The van der Waals surface area contributed by atoms with E-state index < -0.39 is 0 Å². The minimum absolute atomic E-state index is 0.757. The molecule has 0 atom stereocenters. The fourth-order valence-electron chi connectivity index (χ4n) is 1.88. The summed E-state index contributed by atoms with van der Waals surface area (Å²) in [6.07, 6.45) is 0. The number of anilines is 3. The largest absolute Gasteiger partial charge is 0.399 e. The van der Waals surface area contributed by atoms with E-state index in [-0.39, 0.29) is 0 Å². The minimum Gasteiger partial charge on any atom is -0.399 e. The van der Waals surface area contributed by atoms with E-state index in [0.29, 0.717) is 0 Å². The zero-order valence-electron chi connectivity index (χ0n) is 9.80. The van der Waals surface area contributed by atoms with Crippen LogP contribution in [0.5, 0.6) is 0 Å². The molecule has 0 radical (unpaired) electrons. The van der Waals surface area contributed by atoms with Gasteiger partial charge >= 0.3 is 0 Å². The van der Waals surface area contributed by atoms with Crippen LogP contribution in [0.15, 0.2) is 60.7 Å². The van der Waals surface area contributed by atoms with Crippen LogP contribution in [0, 0.1) is 0 Å². The van der Waals surface area contributed by atoms with Gasteiger partial charge in [-0.05, 0) is 42.5 Å². The third-order valence-corrected chi connectivity index (χ3v) is 2.76. The maximum absolute atomic E-state index is 5.74. The van der Waals surface area contributed by atoms with Crippen molar-refractivity contribution >= 4 is 28.1 Å². The van der Waals surface area contributed by atoms with Gasteiger partial charge in [-0.2, -0.15) is 0 Å². The molecule has 0 saturated heterocycles. The van der Waals surface area contributed by atoms with Crippen LogP contribution in [0.1, 0.15) is 0 Å². The molecule has 18 heavy (non-hydrogen) atoms. The molecule has 0 aliphatic rings.